The summed E-state index contributed by atoms with van der Waals surface area (Å²) in [5, 5.41) is 4.64. The quantitative estimate of drug-likeness (QED) is 0.508. The van der Waals surface area contributed by atoms with Gasteiger partial charge < -0.3 is 0 Å². The number of nitrogens with zero attached hydrogens (tertiary/aromatic N) is 4. The highest BCUT2D eigenvalue weighted by molar-refractivity contribution is 5.80. The Morgan fingerprint density at radius 3 is 2.37 bits per heavy atom. The van der Waals surface area contributed by atoms with Gasteiger partial charge in [-0.2, -0.15) is 5.10 Å². The second kappa shape index (κ2) is 7.27. The Labute approximate surface area is 158 Å². The smallest absolute Gasteiger partial charge is 0.113 e. The van der Waals surface area contributed by atoms with Gasteiger partial charge in [-0.05, 0) is 60.4 Å². The molecule has 0 aliphatic rings. The largest absolute Gasteiger partial charge is 0.275 e. The summed E-state index contributed by atoms with van der Waals surface area (Å²) in [5.74, 6) is 6.29. The molecule has 0 fully saturated rings. The van der Waals surface area contributed by atoms with Gasteiger partial charge in [-0.3, -0.25) is 9.67 Å². The normalized spacial score (nSPS) is 10.3. The molecule has 0 aliphatic heterocycles. The van der Waals surface area contributed by atoms with Crippen LogP contribution in [0, 0.1) is 18.8 Å². The Balaban J connectivity index is 1.64. The molecule has 0 radical (unpaired) electrons. The van der Waals surface area contributed by atoms with Gasteiger partial charge in [-0.25, -0.2) is 4.98 Å². The number of aryl methyl sites for hydroxylation is 2. The molecule has 1 aromatic carbocycles. The zero-order valence-corrected chi connectivity index (χ0v) is 15.2. The van der Waals surface area contributed by atoms with E-state index in [1.54, 1.807) is 18.6 Å². The van der Waals surface area contributed by atoms with Crippen LogP contribution in [0.4, 0.5) is 0 Å². The van der Waals surface area contributed by atoms with Gasteiger partial charge in [0.2, 0.25) is 0 Å². The first-order valence-corrected chi connectivity index (χ1v) is 8.68. The number of hydrogen-bond acceptors (Lipinski definition) is 3. The van der Waals surface area contributed by atoms with Gasteiger partial charge in [0.05, 0.1) is 0 Å². The van der Waals surface area contributed by atoms with Crippen molar-refractivity contribution in [1.82, 2.24) is 19.7 Å². The van der Waals surface area contributed by atoms with Crippen LogP contribution in [0.25, 0.3) is 22.4 Å². The zero-order valence-electron chi connectivity index (χ0n) is 15.2. The fraction of sp³-hybridized carbons (Fsp3) is 0.0870. The molecule has 0 saturated heterocycles. The van der Waals surface area contributed by atoms with Gasteiger partial charge in [-0.15, -0.1) is 0 Å². The summed E-state index contributed by atoms with van der Waals surface area (Å²) in [7, 11) is 1.93. The van der Waals surface area contributed by atoms with E-state index in [1.165, 1.54) is 0 Å². The number of aromatic nitrogens is 4. The molecule has 3 heterocycles. The van der Waals surface area contributed by atoms with Crippen LogP contribution in [0.5, 0.6) is 0 Å². The summed E-state index contributed by atoms with van der Waals surface area (Å²) in [5.41, 5.74) is 7.08. The lowest BCUT2D eigenvalue weighted by Crippen LogP contribution is -1.88. The van der Waals surface area contributed by atoms with Crippen molar-refractivity contribution in [1.29, 1.82) is 0 Å². The van der Waals surface area contributed by atoms with E-state index in [0.717, 1.165) is 39.2 Å². The van der Waals surface area contributed by atoms with Crippen molar-refractivity contribution in [2.45, 2.75) is 6.92 Å². The molecule has 0 saturated carbocycles. The number of hydrogen-bond donors (Lipinski definition) is 0. The third-order valence-electron chi connectivity index (χ3n) is 4.23. The average molecular weight is 350 g/mol. The van der Waals surface area contributed by atoms with Crippen LogP contribution < -0.4 is 0 Å². The Morgan fingerprint density at radius 1 is 0.852 bits per heavy atom. The van der Waals surface area contributed by atoms with Crippen LogP contribution in [0.2, 0.25) is 0 Å². The Bertz CT molecular complexity index is 1130. The van der Waals surface area contributed by atoms with Crippen LogP contribution in [-0.4, -0.2) is 19.7 Å². The zero-order chi connectivity index (χ0) is 18.6. The number of pyridine rings is 2. The summed E-state index contributed by atoms with van der Waals surface area (Å²) in [4.78, 5) is 8.37. The molecule has 4 rings (SSSR count). The third kappa shape index (κ3) is 3.78. The first-order valence-electron chi connectivity index (χ1n) is 8.68. The molecule has 0 unspecified atom stereocenters. The minimum absolute atomic E-state index is 0.781. The molecule has 0 amide bonds. The lowest BCUT2D eigenvalue weighted by molar-refractivity contribution is 0.771. The van der Waals surface area contributed by atoms with Crippen LogP contribution in [0.3, 0.4) is 0 Å². The van der Waals surface area contributed by atoms with Crippen molar-refractivity contribution in [2.75, 3.05) is 0 Å². The molecule has 0 atom stereocenters. The van der Waals surface area contributed by atoms with Gasteiger partial charge in [0.15, 0.2) is 0 Å². The molecule has 4 nitrogen and oxygen atoms in total. The molecule has 4 aromatic rings. The maximum absolute atomic E-state index is 4.64. The summed E-state index contributed by atoms with van der Waals surface area (Å²) in [6.45, 7) is 2.04. The lowest BCUT2D eigenvalue weighted by Gasteiger charge is -2.03. The van der Waals surface area contributed by atoms with E-state index >= 15 is 0 Å². The average Bonchev–Trinajstić information content (AvgIpc) is 3.09. The van der Waals surface area contributed by atoms with E-state index < -0.39 is 0 Å². The van der Waals surface area contributed by atoms with Crippen molar-refractivity contribution in [3.05, 3.63) is 90.1 Å². The highest BCUT2D eigenvalue weighted by Gasteiger charge is 2.11. The van der Waals surface area contributed by atoms with Crippen molar-refractivity contribution in [3.63, 3.8) is 0 Å². The molecule has 0 bridgehead atoms. The first-order chi connectivity index (χ1) is 13.2. The molecule has 130 valence electrons. The molecule has 0 spiro atoms. The minimum Gasteiger partial charge on any atom is -0.275 e. The molecule has 4 heteroatoms. The molecule has 3 aromatic heterocycles. The van der Waals surface area contributed by atoms with Crippen molar-refractivity contribution >= 4 is 0 Å². The predicted octanol–water partition coefficient (Wildman–Crippen LogP) is 4.25. The molecular weight excluding hydrogens is 332 g/mol. The highest BCUT2D eigenvalue weighted by atomic mass is 15.2. The number of rotatable bonds is 2. The van der Waals surface area contributed by atoms with Crippen LogP contribution in [0.1, 0.15) is 16.8 Å². The Hall–Kier alpha value is -3.71. The maximum Gasteiger partial charge on any atom is 0.113 e. The van der Waals surface area contributed by atoms with Gasteiger partial charge >= 0.3 is 0 Å². The van der Waals surface area contributed by atoms with Gasteiger partial charge in [0.1, 0.15) is 11.4 Å². The number of benzene rings is 1. The SMILES string of the molecule is Cc1ccnc(C#Cc2ccc(-c3nn(C)cc3-c3ccncc3)cc2)c1. The van der Waals surface area contributed by atoms with E-state index in [1.807, 2.05) is 61.2 Å². The molecule has 0 N–H and O–H groups in total. The Kier molecular flexibility index (Phi) is 4.51. The van der Waals surface area contributed by atoms with E-state index in [9.17, 15) is 0 Å². The van der Waals surface area contributed by atoms with E-state index in [2.05, 4.69) is 39.0 Å². The van der Waals surface area contributed by atoms with E-state index in [4.69, 9.17) is 0 Å². The summed E-state index contributed by atoms with van der Waals surface area (Å²) >= 11 is 0. The van der Waals surface area contributed by atoms with Crippen molar-refractivity contribution < 1.29 is 0 Å². The van der Waals surface area contributed by atoms with E-state index in [-0.39, 0.29) is 0 Å². The molecular formula is C23H18N4. The van der Waals surface area contributed by atoms with Crippen molar-refractivity contribution in [3.8, 4) is 34.2 Å². The van der Waals surface area contributed by atoms with Crippen LogP contribution >= 0.6 is 0 Å². The third-order valence-corrected chi connectivity index (χ3v) is 4.23. The first kappa shape index (κ1) is 16.7. The lowest BCUT2D eigenvalue weighted by atomic mass is 10.0. The van der Waals surface area contributed by atoms with Gasteiger partial charge in [0, 0.05) is 48.5 Å². The minimum atomic E-state index is 0.781. The maximum atomic E-state index is 4.64. The topological polar surface area (TPSA) is 43.6 Å². The monoisotopic (exact) mass is 350 g/mol. The molecule has 27 heavy (non-hydrogen) atoms. The Morgan fingerprint density at radius 2 is 1.63 bits per heavy atom. The predicted molar refractivity (Wildman–Crippen MR) is 107 cm³/mol. The van der Waals surface area contributed by atoms with Crippen LogP contribution in [-0.2, 0) is 7.05 Å². The van der Waals surface area contributed by atoms with E-state index in [0.29, 0.717) is 0 Å². The fourth-order valence-electron chi connectivity index (χ4n) is 2.90. The van der Waals surface area contributed by atoms with Gasteiger partial charge in [-0.1, -0.05) is 18.1 Å². The standard InChI is InChI=1S/C23H18N4/c1-17-9-14-25-21(15-17)8-5-18-3-6-20(7-4-18)23-22(16-27(2)26-23)19-10-12-24-13-11-19/h3-4,6-7,9-16H,1-2H3. The summed E-state index contributed by atoms with van der Waals surface area (Å²) < 4.78 is 1.84. The second-order valence-corrected chi connectivity index (χ2v) is 6.35. The molecule has 0 aliphatic carbocycles. The summed E-state index contributed by atoms with van der Waals surface area (Å²) in [6, 6.07) is 16.1. The second-order valence-electron chi connectivity index (χ2n) is 6.35. The highest BCUT2D eigenvalue weighted by Crippen LogP contribution is 2.30. The van der Waals surface area contributed by atoms with Crippen molar-refractivity contribution in [2.24, 2.45) is 7.05 Å². The fourth-order valence-corrected chi connectivity index (χ4v) is 2.90. The van der Waals surface area contributed by atoms with Gasteiger partial charge in [0.25, 0.3) is 0 Å². The summed E-state index contributed by atoms with van der Waals surface area (Å²) in [6.07, 6.45) is 7.40. The van der Waals surface area contributed by atoms with Crippen LogP contribution in [0.15, 0.2) is 73.3 Å².